The maximum atomic E-state index is 10.8. The van der Waals surface area contributed by atoms with Crippen molar-refractivity contribution in [1.82, 2.24) is 4.90 Å². The smallest absolute Gasteiger partial charge is 0.161 e. The molecular weight excluding hydrogens is 266 g/mol. The van der Waals surface area contributed by atoms with E-state index in [0.29, 0.717) is 13.2 Å². The summed E-state index contributed by atoms with van der Waals surface area (Å²) in [6, 6.07) is 5.75. The van der Waals surface area contributed by atoms with Gasteiger partial charge < -0.3 is 14.6 Å². The molecule has 0 fully saturated rings. The Balaban J connectivity index is 2.26. The lowest BCUT2D eigenvalue weighted by Gasteiger charge is -2.41. The summed E-state index contributed by atoms with van der Waals surface area (Å²) in [5, 5.41) is 10.8. The van der Waals surface area contributed by atoms with Crippen molar-refractivity contribution in [1.29, 1.82) is 0 Å². The van der Waals surface area contributed by atoms with Gasteiger partial charge in [-0.25, -0.2) is 0 Å². The van der Waals surface area contributed by atoms with Gasteiger partial charge in [0.05, 0.1) is 19.3 Å². The molecule has 1 aromatic rings. The number of likely N-dealkylation sites (N-methyl/N-ethyl adjacent to an activating group) is 1. The summed E-state index contributed by atoms with van der Waals surface area (Å²) < 4.78 is 11.4. The first-order valence-electron chi connectivity index (χ1n) is 7.83. The Kier molecular flexibility index (Phi) is 5.12. The third-order valence-corrected chi connectivity index (χ3v) is 4.33. The molecule has 1 aliphatic rings. The third kappa shape index (κ3) is 3.33. The van der Waals surface area contributed by atoms with Crippen molar-refractivity contribution < 1.29 is 14.6 Å². The van der Waals surface area contributed by atoms with E-state index >= 15 is 0 Å². The standard InChI is InChI=1S/C17H27NO3/c1-5-18(6-2)17(3,4)16(19)13-8-9-14-15(12-13)21-11-7-10-20-14/h8-9,12,16,19H,5-7,10-11H2,1-4H3. The lowest BCUT2D eigenvalue weighted by Crippen LogP contribution is -2.48. The number of hydrogen-bond acceptors (Lipinski definition) is 4. The second kappa shape index (κ2) is 6.67. The van der Waals surface area contributed by atoms with Crippen molar-refractivity contribution in [3.8, 4) is 11.5 Å². The number of benzene rings is 1. The lowest BCUT2D eigenvalue weighted by molar-refractivity contribution is -0.00638. The fourth-order valence-electron chi connectivity index (χ4n) is 2.97. The predicted molar refractivity (Wildman–Crippen MR) is 84.0 cm³/mol. The molecule has 0 aromatic heterocycles. The number of aliphatic hydroxyl groups excluding tert-OH is 1. The van der Waals surface area contributed by atoms with Gasteiger partial charge in [-0.3, -0.25) is 4.90 Å². The van der Waals surface area contributed by atoms with Gasteiger partial charge in [-0.2, -0.15) is 0 Å². The first kappa shape index (κ1) is 16.1. The fourth-order valence-corrected chi connectivity index (χ4v) is 2.97. The molecule has 1 aliphatic heterocycles. The lowest BCUT2D eigenvalue weighted by atomic mass is 9.89. The molecule has 118 valence electrons. The third-order valence-electron chi connectivity index (χ3n) is 4.33. The van der Waals surface area contributed by atoms with Crippen LogP contribution in [0.1, 0.15) is 45.8 Å². The zero-order valence-electron chi connectivity index (χ0n) is 13.6. The highest BCUT2D eigenvalue weighted by molar-refractivity contribution is 5.44. The van der Waals surface area contributed by atoms with Crippen LogP contribution >= 0.6 is 0 Å². The van der Waals surface area contributed by atoms with Crippen LogP contribution in [0.5, 0.6) is 11.5 Å². The molecule has 1 atom stereocenters. The maximum absolute atomic E-state index is 10.8. The highest BCUT2D eigenvalue weighted by atomic mass is 16.5. The van der Waals surface area contributed by atoms with Gasteiger partial charge in [-0.15, -0.1) is 0 Å². The van der Waals surface area contributed by atoms with Crippen LogP contribution in [0.3, 0.4) is 0 Å². The quantitative estimate of drug-likeness (QED) is 0.906. The molecule has 0 bridgehead atoms. The fraction of sp³-hybridized carbons (Fsp3) is 0.647. The van der Waals surface area contributed by atoms with Gasteiger partial charge in [0.25, 0.3) is 0 Å². The van der Waals surface area contributed by atoms with Crippen LogP contribution in [-0.4, -0.2) is 41.8 Å². The van der Waals surface area contributed by atoms with E-state index in [9.17, 15) is 5.11 Å². The van der Waals surface area contributed by atoms with E-state index in [1.807, 2.05) is 18.2 Å². The van der Waals surface area contributed by atoms with Crippen molar-refractivity contribution >= 4 is 0 Å². The Morgan fingerprint density at radius 1 is 1.14 bits per heavy atom. The molecule has 2 rings (SSSR count). The maximum Gasteiger partial charge on any atom is 0.161 e. The summed E-state index contributed by atoms with van der Waals surface area (Å²) >= 11 is 0. The molecule has 1 N–H and O–H groups in total. The van der Waals surface area contributed by atoms with Crippen LogP contribution in [0.2, 0.25) is 0 Å². The van der Waals surface area contributed by atoms with Crippen molar-refractivity contribution in [2.45, 2.75) is 45.8 Å². The van der Waals surface area contributed by atoms with Crippen molar-refractivity contribution in [3.63, 3.8) is 0 Å². The number of aliphatic hydroxyl groups is 1. The van der Waals surface area contributed by atoms with Gasteiger partial charge in [0, 0.05) is 12.0 Å². The minimum absolute atomic E-state index is 0.330. The Hall–Kier alpha value is -1.26. The Morgan fingerprint density at radius 3 is 2.38 bits per heavy atom. The zero-order valence-corrected chi connectivity index (χ0v) is 13.6. The van der Waals surface area contributed by atoms with Crippen LogP contribution in [-0.2, 0) is 0 Å². The predicted octanol–water partition coefficient (Wildman–Crippen LogP) is 3.00. The van der Waals surface area contributed by atoms with Crippen molar-refractivity contribution in [2.24, 2.45) is 0 Å². The first-order valence-corrected chi connectivity index (χ1v) is 7.83. The number of fused-ring (bicyclic) bond motifs is 1. The molecule has 1 aromatic carbocycles. The second-order valence-electron chi connectivity index (χ2n) is 5.99. The normalized spacial score (nSPS) is 16.7. The summed E-state index contributed by atoms with van der Waals surface area (Å²) in [6.45, 7) is 11.5. The van der Waals surface area contributed by atoms with Crippen molar-refractivity contribution in [2.75, 3.05) is 26.3 Å². The average Bonchev–Trinajstić information content (AvgIpc) is 2.71. The van der Waals surface area contributed by atoms with Gasteiger partial charge >= 0.3 is 0 Å². The van der Waals surface area contributed by atoms with E-state index in [1.54, 1.807) is 0 Å². The van der Waals surface area contributed by atoms with Gasteiger partial charge in [-0.1, -0.05) is 19.9 Å². The molecule has 0 aliphatic carbocycles. The molecule has 4 heteroatoms. The van der Waals surface area contributed by atoms with Gasteiger partial charge in [0.1, 0.15) is 0 Å². The molecule has 0 radical (unpaired) electrons. The minimum Gasteiger partial charge on any atom is -0.490 e. The Bertz CT molecular complexity index is 469. The van der Waals surface area contributed by atoms with Crippen LogP contribution in [0, 0.1) is 0 Å². The Labute approximate surface area is 127 Å². The topological polar surface area (TPSA) is 41.9 Å². The summed E-state index contributed by atoms with van der Waals surface area (Å²) in [6.07, 6.45) is 0.312. The highest BCUT2D eigenvalue weighted by Crippen LogP contribution is 2.36. The molecule has 1 heterocycles. The number of ether oxygens (including phenoxy) is 2. The molecule has 0 amide bonds. The number of hydrogen-bond donors (Lipinski definition) is 1. The molecule has 0 saturated carbocycles. The van der Waals surface area contributed by atoms with E-state index in [-0.39, 0.29) is 5.54 Å². The number of nitrogens with zero attached hydrogens (tertiary/aromatic N) is 1. The first-order chi connectivity index (χ1) is 10.0. The highest BCUT2D eigenvalue weighted by Gasteiger charge is 2.34. The summed E-state index contributed by atoms with van der Waals surface area (Å²) in [5.41, 5.74) is 0.541. The summed E-state index contributed by atoms with van der Waals surface area (Å²) in [5.74, 6) is 1.50. The minimum atomic E-state index is -0.574. The molecule has 0 saturated heterocycles. The van der Waals surface area contributed by atoms with Crippen LogP contribution in [0.25, 0.3) is 0 Å². The monoisotopic (exact) mass is 293 g/mol. The van der Waals surface area contributed by atoms with E-state index in [1.165, 1.54) is 0 Å². The SMILES string of the molecule is CCN(CC)C(C)(C)C(O)c1ccc2c(c1)OCCCO2. The van der Waals surface area contributed by atoms with E-state index in [4.69, 9.17) is 9.47 Å². The summed E-state index contributed by atoms with van der Waals surface area (Å²) in [4.78, 5) is 2.26. The van der Waals surface area contributed by atoms with Crippen LogP contribution < -0.4 is 9.47 Å². The molecule has 4 nitrogen and oxygen atoms in total. The molecule has 0 spiro atoms. The van der Waals surface area contributed by atoms with Crippen LogP contribution in [0.4, 0.5) is 0 Å². The zero-order chi connectivity index (χ0) is 15.5. The van der Waals surface area contributed by atoms with E-state index < -0.39 is 6.10 Å². The van der Waals surface area contributed by atoms with Gasteiger partial charge in [0.2, 0.25) is 0 Å². The Morgan fingerprint density at radius 2 is 1.76 bits per heavy atom. The summed E-state index contributed by atoms with van der Waals surface area (Å²) in [7, 11) is 0. The molecular formula is C17H27NO3. The largest absolute Gasteiger partial charge is 0.490 e. The van der Waals surface area contributed by atoms with Gasteiger partial charge in [-0.05, 0) is 44.6 Å². The van der Waals surface area contributed by atoms with Gasteiger partial charge in [0.15, 0.2) is 11.5 Å². The van der Waals surface area contributed by atoms with E-state index in [2.05, 4.69) is 32.6 Å². The van der Waals surface area contributed by atoms with E-state index in [0.717, 1.165) is 36.6 Å². The molecule has 21 heavy (non-hydrogen) atoms. The van der Waals surface area contributed by atoms with Crippen LogP contribution in [0.15, 0.2) is 18.2 Å². The molecule has 1 unspecified atom stereocenters. The average molecular weight is 293 g/mol. The number of rotatable bonds is 5. The van der Waals surface area contributed by atoms with Crippen molar-refractivity contribution in [3.05, 3.63) is 23.8 Å². The second-order valence-corrected chi connectivity index (χ2v) is 5.99.